The molecule has 1 heterocycles. The minimum atomic E-state index is -0.418. The van der Waals surface area contributed by atoms with Crippen LogP contribution in [-0.4, -0.2) is 23.5 Å². The second-order valence-corrected chi connectivity index (χ2v) is 7.65. The Bertz CT molecular complexity index is 674. The zero-order valence-electron chi connectivity index (χ0n) is 15.7. The number of rotatable bonds is 7. The number of halogens is 1. The number of carbonyl (C=O) groups excluding carboxylic acids is 1. The van der Waals surface area contributed by atoms with Crippen molar-refractivity contribution in [2.45, 2.75) is 53.0 Å². The van der Waals surface area contributed by atoms with Crippen LogP contribution in [0.15, 0.2) is 34.8 Å². The maximum Gasteiger partial charge on any atom is 0.231 e. The Morgan fingerprint density at radius 1 is 1.28 bits per heavy atom. The van der Waals surface area contributed by atoms with Crippen LogP contribution in [0.1, 0.15) is 51.2 Å². The van der Waals surface area contributed by atoms with Crippen molar-refractivity contribution in [3.8, 4) is 0 Å². The zero-order chi connectivity index (χ0) is 18.6. The molecule has 0 saturated carbocycles. The van der Waals surface area contributed by atoms with Crippen molar-refractivity contribution in [2.24, 2.45) is 22.6 Å². The van der Waals surface area contributed by atoms with Crippen molar-refractivity contribution in [3.63, 3.8) is 0 Å². The second-order valence-electron chi connectivity index (χ2n) is 7.27. The number of nitrogens with two attached hydrogens (primary N) is 1. The maximum atomic E-state index is 12.3. The lowest BCUT2D eigenvalue weighted by Gasteiger charge is -2.33. The molecule has 2 unspecified atom stereocenters. The van der Waals surface area contributed by atoms with E-state index in [-0.39, 0.29) is 11.3 Å². The molecule has 1 aromatic carbocycles. The zero-order valence-corrected chi connectivity index (χ0v) is 16.4. The summed E-state index contributed by atoms with van der Waals surface area (Å²) in [6, 6.07) is 8.16. The van der Waals surface area contributed by atoms with Crippen molar-refractivity contribution in [3.05, 3.63) is 41.0 Å². The summed E-state index contributed by atoms with van der Waals surface area (Å²) in [5.74, 6) is 0.0592. The maximum absolute atomic E-state index is 12.3. The Labute approximate surface area is 156 Å². The number of hydrogen-bond donors (Lipinski definition) is 1. The van der Waals surface area contributed by atoms with Crippen LogP contribution in [0.4, 0.5) is 0 Å². The number of hydrogen-bond acceptors (Lipinski definition) is 3. The molecule has 2 rings (SSSR count). The van der Waals surface area contributed by atoms with E-state index in [1.165, 1.54) is 5.56 Å². The molecule has 2 N–H and O–H groups in total. The van der Waals surface area contributed by atoms with Gasteiger partial charge in [0.05, 0.1) is 12.0 Å². The highest BCUT2D eigenvalue weighted by atomic mass is 35.5. The number of nitrogens with zero attached hydrogens (tertiary/aromatic N) is 1. The molecule has 0 spiro atoms. The van der Waals surface area contributed by atoms with Crippen molar-refractivity contribution < 1.29 is 4.79 Å². The molecule has 4 heteroatoms. The molecule has 1 aliphatic heterocycles. The molecular formula is C21H29ClN2O. The molecule has 1 aromatic rings. The van der Waals surface area contributed by atoms with Crippen LogP contribution in [0.2, 0.25) is 0 Å². The quantitative estimate of drug-likeness (QED) is 0.713. The van der Waals surface area contributed by atoms with Crippen molar-refractivity contribution in [2.75, 3.05) is 6.54 Å². The van der Waals surface area contributed by atoms with Gasteiger partial charge in [0.25, 0.3) is 0 Å². The second kappa shape index (κ2) is 8.77. The van der Waals surface area contributed by atoms with Gasteiger partial charge in [-0.1, -0.05) is 57.0 Å². The monoisotopic (exact) mass is 360 g/mol. The highest BCUT2D eigenvalue weighted by molar-refractivity contribution is 6.65. The van der Waals surface area contributed by atoms with E-state index in [4.69, 9.17) is 22.3 Å². The Balaban J connectivity index is 2.65. The van der Waals surface area contributed by atoms with E-state index >= 15 is 0 Å². The molecule has 136 valence electrons. The van der Waals surface area contributed by atoms with Crippen LogP contribution in [0.25, 0.3) is 5.57 Å². The van der Waals surface area contributed by atoms with Crippen molar-refractivity contribution >= 4 is 28.1 Å². The predicted octanol–water partition coefficient (Wildman–Crippen LogP) is 4.76. The summed E-state index contributed by atoms with van der Waals surface area (Å²) in [6.45, 7) is 8.89. The standard InChI is InChI=1S/C21H29ClN2O/c1-5-6-17-20(21(22)25)19(15-9-7-14(4)8-10-15)16(12-23)18(24-17)11-13(2)3/h7-10,13,17,20H,5-6,11-12,23H2,1-4H3. The highest BCUT2D eigenvalue weighted by Gasteiger charge is 2.37. The summed E-state index contributed by atoms with van der Waals surface area (Å²) in [5.41, 5.74) is 11.3. The number of carbonyl (C=O) groups is 1. The average Bonchev–Trinajstić information content (AvgIpc) is 2.54. The summed E-state index contributed by atoms with van der Waals surface area (Å²) in [5, 5.41) is -0.340. The summed E-state index contributed by atoms with van der Waals surface area (Å²) in [4.78, 5) is 17.3. The lowest BCUT2D eigenvalue weighted by Crippen LogP contribution is -2.34. The summed E-state index contributed by atoms with van der Waals surface area (Å²) < 4.78 is 0. The first-order chi connectivity index (χ1) is 11.9. The summed E-state index contributed by atoms with van der Waals surface area (Å²) in [7, 11) is 0. The molecule has 0 aliphatic carbocycles. The van der Waals surface area contributed by atoms with E-state index in [0.29, 0.717) is 12.5 Å². The van der Waals surface area contributed by atoms with E-state index < -0.39 is 5.92 Å². The lowest BCUT2D eigenvalue weighted by molar-refractivity contribution is -0.114. The topological polar surface area (TPSA) is 55.4 Å². The first-order valence-electron chi connectivity index (χ1n) is 9.15. The van der Waals surface area contributed by atoms with Gasteiger partial charge in [0.2, 0.25) is 5.24 Å². The van der Waals surface area contributed by atoms with Gasteiger partial charge >= 0.3 is 0 Å². The highest BCUT2D eigenvalue weighted by Crippen LogP contribution is 2.39. The van der Waals surface area contributed by atoms with Gasteiger partial charge in [-0.05, 0) is 54.0 Å². The predicted molar refractivity (Wildman–Crippen MR) is 107 cm³/mol. The molecule has 0 bridgehead atoms. The third-order valence-corrected chi connectivity index (χ3v) is 4.92. The van der Waals surface area contributed by atoms with E-state index in [0.717, 1.165) is 41.7 Å². The van der Waals surface area contributed by atoms with E-state index in [1.54, 1.807) is 0 Å². The first-order valence-corrected chi connectivity index (χ1v) is 9.53. The molecule has 0 amide bonds. The molecule has 0 radical (unpaired) electrons. The van der Waals surface area contributed by atoms with Crippen molar-refractivity contribution in [1.82, 2.24) is 0 Å². The minimum absolute atomic E-state index is 0.102. The van der Waals surface area contributed by atoms with Gasteiger partial charge in [-0.15, -0.1) is 0 Å². The Hall–Kier alpha value is -1.45. The molecule has 0 aromatic heterocycles. The molecule has 1 aliphatic rings. The van der Waals surface area contributed by atoms with Crippen LogP contribution in [0.3, 0.4) is 0 Å². The number of dihydropyridines is 1. The van der Waals surface area contributed by atoms with Gasteiger partial charge in [-0.3, -0.25) is 9.79 Å². The average molecular weight is 361 g/mol. The molecule has 0 fully saturated rings. The van der Waals surface area contributed by atoms with Gasteiger partial charge in [0.1, 0.15) is 0 Å². The third kappa shape index (κ3) is 4.59. The van der Waals surface area contributed by atoms with Crippen LogP contribution < -0.4 is 5.73 Å². The first kappa shape index (κ1) is 19.9. The molecule has 3 nitrogen and oxygen atoms in total. The summed E-state index contributed by atoms with van der Waals surface area (Å²) in [6.07, 6.45) is 2.67. The number of aliphatic imine (C=N–C) groups is 1. The fourth-order valence-corrected chi connectivity index (χ4v) is 3.81. The van der Waals surface area contributed by atoms with Gasteiger partial charge in [-0.25, -0.2) is 0 Å². The van der Waals surface area contributed by atoms with Crippen LogP contribution in [0.5, 0.6) is 0 Å². The molecule has 2 atom stereocenters. The minimum Gasteiger partial charge on any atom is -0.326 e. The SMILES string of the molecule is CCCC1N=C(CC(C)C)C(CN)=C(c2ccc(C)cc2)C1C(=O)Cl. The Morgan fingerprint density at radius 3 is 2.40 bits per heavy atom. The van der Waals surface area contributed by atoms with Crippen LogP contribution >= 0.6 is 11.6 Å². The smallest absolute Gasteiger partial charge is 0.231 e. The largest absolute Gasteiger partial charge is 0.326 e. The van der Waals surface area contributed by atoms with Crippen LogP contribution in [-0.2, 0) is 4.79 Å². The normalized spacial score (nSPS) is 20.8. The molecular weight excluding hydrogens is 332 g/mol. The summed E-state index contributed by atoms with van der Waals surface area (Å²) >= 11 is 6.06. The van der Waals surface area contributed by atoms with E-state index in [9.17, 15) is 4.79 Å². The fraction of sp³-hybridized carbons (Fsp3) is 0.524. The van der Waals surface area contributed by atoms with Crippen LogP contribution in [0, 0.1) is 18.8 Å². The van der Waals surface area contributed by atoms with Gasteiger partial charge in [0.15, 0.2) is 0 Å². The Kier molecular flexibility index (Phi) is 6.97. The molecule has 25 heavy (non-hydrogen) atoms. The van der Waals surface area contributed by atoms with Gasteiger partial charge < -0.3 is 5.73 Å². The number of benzene rings is 1. The third-order valence-electron chi connectivity index (χ3n) is 4.69. The van der Waals surface area contributed by atoms with Crippen molar-refractivity contribution in [1.29, 1.82) is 0 Å². The van der Waals surface area contributed by atoms with E-state index in [1.807, 2.05) is 0 Å². The fourth-order valence-electron chi connectivity index (χ4n) is 3.56. The Morgan fingerprint density at radius 2 is 1.92 bits per heavy atom. The number of aryl methyl sites for hydroxylation is 1. The van der Waals surface area contributed by atoms with Gasteiger partial charge in [-0.2, -0.15) is 0 Å². The molecule has 0 saturated heterocycles. The lowest BCUT2D eigenvalue weighted by atomic mass is 9.78. The van der Waals surface area contributed by atoms with E-state index in [2.05, 4.69) is 52.0 Å². The van der Waals surface area contributed by atoms with Gasteiger partial charge in [0, 0.05) is 12.3 Å².